The summed E-state index contributed by atoms with van der Waals surface area (Å²) in [6, 6.07) is -1.04. The van der Waals surface area contributed by atoms with Crippen LogP contribution in [0.15, 0.2) is 97.2 Å². The highest BCUT2D eigenvalue weighted by atomic mass is 16.7. The van der Waals surface area contributed by atoms with Crippen molar-refractivity contribution in [2.24, 2.45) is 0 Å². The molecule has 1 amide bonds. The van der Waals surface area contributed by atoms with Crippen LogP contribution in [0.25, 0.3) is 0 Å². The molecule has 78 heavy (non-hydrogen) atoms. The fraction of sp³-hybridized carbons (Fsp3) is 0.731. The Hall–Kier alpha value is -3.42. The number of nitrogens with one attached hydrogen (secondary N) is 1. The lowest BCUT2D eigenvalue weighted by atomic mass is 9.99. The highest BCUT2D eigenvalue weighted by Gasteiger charge is 2.47. The molecule has 1 heterocycles. The molecule has 1 rings (SSSR count). The maximum Gasteiger partial charge on any atom is 0.306 e. The first-order chi connectivity index (χ1) is 38.2. The molecule has 8 atom stereocenters. The summed E-state index contributed by atoms with van der Waals surface area (Å²) in [4.78, 5) is 26.6. The van der Waals surface area contributed by atoms with E-state index in [1.807, 2.05) is 6.08 Å². The second-order valence-electron chi connectivity index (χ2n) is 21.4. The summed E-state index contributed by atoms with van der Waals surface area (Å²) >= 11 is 0. The molecule has 1 aliphatic rings. The minimum atomic E-state index is -1.62. The molecule has 1 saturated heterocycles. The van der Waals surface area contributed by atoms with Crippen LogP contribution in [0.1, 0.15) is 252 Å². The summed E-state index contributed by atoms with van der Waals surface area (Å²) < 4.78 is 17.6. The van der Waals surface area contributed by atoms with E-state index in [4.69, 9.17) is 14.2 Å². The zero-order chi connectivity index (χ0) is 56.8. The lowest BCUT2D eigenvalue weighted by Crippen LogP contribution is -2.61. The van der Waals surface area contributed by atoms with E-state index in [-0.39, 0.29) is 19.4 Å². The number of allylic oxidation sites excluding steroid dienone is 15. The molecule has 1 fully saturated rings. The molecule has 11 heteroatoms. The largest absolute Gasteiger partial charge is 0.454 e. The summed E-state index contributed by atoms with van der Waals surface area (Å²) in [5, 5.41) is 57.0. The van der Waals surface area contributed by atoms with Crippen molar-refractivity contribution < 1.29 is 49.3 Å². The van der Waals surface area contributed by atoms with Gasteiger partial charge in [-0.05, 0) is 96.3 Å². The van der Waals surface area contributed by atoms with Crippen molar-refractivity contribution in [2.75, 3.05) is 13.2 Å². The highest BCUT2D eigenvalue weighted by Crippen LogP contribution is 2.26. The van der Waals surface area contributed by atoms with Crippen molar-refractivity contribution in [1.29, 1.82) is 0 Å². The smallest absolute Gasteiger partial charge is 0.306 e. The van der Waals surface area contributed by atoms with Crippen molar-refractivity contribution in [1.82, 2.24) is 5.32 Å². The Labute approximate surface area is 475 Å². The minimum absolute atomic E-state index is 0.109. The fourth-order valence-corrected chi connectivity index (χ4v) is 9.30. The molecule has 8 unspecified atom stereocenters. The van der Waals surface area contributed by atoms with E-state index < -0.39 is 67.4 Å². The number of rotatable bonds is 52. The maximum absolute atomic E-state index is 13.4. The van der Waals surface area contributed by atoms with Crippen molar-refractivity contribution in [3.05, 3.63) is 97.2 Å². The van der Waals surface area contributed by atoms with Crippen LogP contribution in [0.4, 0.5) is 0 Å². The SMILES string of the molecule is CC/C=C\C/C=C\C/C=C\C/C=C\C/C=C\CCCCCCCCC(O)C(=O)NC(COC1OC(CO)C(O)C(O)C1OC(=O)CCCCCCCCC/C=C/C/C=C/CC)C(O)/C=C/CCCCCCCCCCCCC. The molecule has 0 aromatic carbocycles. The molecule has 0 spiro atoms. The third-order valence-corrected chi connectivity index (χ3v) is 14.2. The van der Waals surface area contributed by atoms with Gasteiger partial charge in [0.1, 0.15) is 24.4 Å². The number of unbranched alkanes of at least 4 members (excludes halogenated alkanes) is 24. The van der Waals surface area contributed by atoms with Gasteiger partial charge in [0, 0.05) is 6.42 Å². The molecule has 0 aromatic heterocycles. The summed E-state index contributed by atoms with van der Waals surface area (Å²) in [5.74, 6) is -1.22. The molecule has 11 nitrogen and oxygen atoms in total. The van der Waals surface area contributed by atoms with E-state index in [0.29, 0.717) is 12.8 Å². The zero-order valence-electron chi connectivity index (χ0n) is 49.5. The van der Waals surface area contributed by atoms with Gasteiger partial charge in [-0.1, -0.05) is 246 Å². The molecule has 448 valence electrons. The van der Waals surface area contributed by atoms with Gasteiger partial charge in [0.15, 0.2) is 12.4 Å². The van der Waals surface area contributed by atoms with Gasteiger partial charge in [-0.25, -0.2) is 0 Å². The van der Waals surface area contributed by atoms with Crippen LogP contribution in [0.3, 0.4) is 0 Å². The molecule has 0 bridgehead atoms. The van der Waals surface area contributed by atoms with Crippen LogP contribution in [-0.4, -0.2) is 99.6 Å². The topological polar surface area (TPSA) is 175 Å². The van der Waals surface area contributed by atoms with E-state index in [9.17, 15) is 35.1 Å². The van der Waals surface area contributed by atoms with Crippen LogP contribution in [-0.2, 0) is 23.8 Å². The molecule has 0 aromatic rings. The Morgan fingerprint density at radius 2 is 0.923 bits per heavy atom. The van der Waals surface area contributed by atoms with Crippen molar-refractivity contribution in [2.45, 2.75) is 301 Å². The normalized spacial score (nSPS) is 19.6. The second-order valence-corrected chi connectivity index (χ2v) is 21.4. The minimum Gasteiger partial charge on any atom is -0.454 e. The quantitative estimate of drug-likeness (QED) is 0.0195. The third kappa shape index (κ3) is 41.6. The number of amides is 1. The molecule has 0 aliphatic carbocycles. The number of ether oxygens (including phenoxy) is 3. The lowest BCUT2D eigenvalue weighted by Gasteiger charge is -2.41. The average Bonchev–Trinajstić information content (AvgIpc) is 3.45. The van der Waals surface area contributed by atoms with E-state index >= 15 is 0 Å². The fourth-order valence-electron chi connectivity index (χ4n) is 9.30. The average molecular weight is 1090 g/mol. The van der Waals surface area contributed by atoms with Gasteiger partial charge in [0.2, 0.25) is 5.91 Å². The first-order valence-corrected chi connectivity index (χ1v) is 31.5. The second kappa shape index (κ2) is 54.2. The molecular weight excluding hydrogens is 979 g/mol. The number of esters is 1. The Morgan fingerprint density at radius 3 is 1.38 bits per heavy atom. The van der Waals surface area contributed by atoms with E-state index in [1.54, 1.807) is 6.08 Å². The highest BCUT2D eigenvalue weighted by molar-refractivity contribution is 5.80. The number of carbonyl (C=O) groups is 2. The van der Waals surface area contributed by atoms with Gasteiger partial charge in [-0.15, -0.1) is 0 Å². The van der Waals surface area contributed by atoms with E-state index in [0.717, 1.165) is 141 Å². The molecule has 6 N–H and O–H groups in total. The van der Waals surface area contributed by atoms with Crippen LogP contribution in [0.5, 0.6) is 0 Å². The van der Waals surface area contributed by atoms with Crippen molar-refractivity contribution in [3.8, 4) is 0 Å². The molecular formula is C67H115NO10. The summed E-state index contributed by atoms with van der Waals surface area (Å²) in [6.07, 6.45) is 61.5. The summed E-state index contributed by atoms with van der Waals surface area (Å²) in [5.41, 5.74) is 0. The Kier molecular flexibility index (Phi) is 50.4. The number of hydrogen-bond acceptors (Lipinski definition) is 10. The van der Waals surface area contributed by atoms with Gasteiger partial charge >= 0.3 is 5.97 Å². The van der Waals surface area contributed by atoms with Crippen LogP contribution >= 0.6 is 0 Å². The van der Waals surface area contributed by atoms with Crippen molar-refractivity contribution in [3.63, 3.8) is 0 Å². The number of aliphatic hydroxyl groups is 5. The van der Waals surface area contributed by atoms with Gasteiger partial charge in [0.25, 0.3) is 0 Å². The van der Waals surface area contributed by atoms with Crippen LogP contribution in [0.2, 0.25) is 0 Å². The van der Waals surface area contributed by atoms with Crippen molar-refractivity contribution >= 4 is 11.9 Å². The number of hydrogen-bond donors (Lipinski definition) is 6. The number of aliphatic hydroxyl groups excluding tert-OH is 5. The lowest BCUT2D eigenvalue weighted by molar-refractivity contribution is -0.305. The van der Waals surface area contributed by atoms with Gasteiger partial charge in [-0.3, -0.25) is 9.59 Å². The van der Waals surface area contributed by atoms with E-state index in [1.165, 1.54) is 64.2 Å². The predicted molar refractivity (Wildman–Crippen MR) is 324 cm³/mol. The molecule has 1 aliphatic heterocycles. The standard InChI is InChI=1S/C67H115NO10/c1-4-7-10-13-16-19-22-25-27-28-29-30-31-32-33-34-36-39-42-45-48-51-54-60(71)66(75)68-58(59(70)53-50-47-44-41-38-35-24-21-18-15-12-9-6-3)57-76-67-65(64(74)63(73)61(56-69)77-67)78-62(72)55-52-49-46-43-40-37-26-23-20-17-14-11-8-5-2/h7-8,10-11,16-17,19-20,25,27,29-30,32-33,50,53,58-61,63-65,67,69-71,73-74H,4-6,9,12-15,18,21-24,26,28,31,34-49,51-52,54-57H2,1-3H3,(H,68,75)/b10-7-,11-8+,19-16-,20-17+,27-25-,30-29-,33-32-,53-50+. The zero-order valence-corrected chi connectivity index (χ0v) is 49.5. The van der Waals surface area contributed by atoms with Gasteiger partial charge in [-0.2, -0.15) is 0 Å². The Bertz CT molecular complexity index is 1630. The third-order valence-electron chi connectivity index (χ3n) is 14.2. The molecule has 0 saturated carbocycles. The predicted octanol–water partition coefficient (Wildman–Crippen LogP) is 15.1. The first kappa shape index (κ1) is 72.6. The van der Waals surface area contributed by atoms with Crippen LogP contribution in [0, 0.1) is 0 Å². The van der Waals surface area contributed by atoms with Gasteiger partial charge < -0.3 is 45.1 Å². The Morgan fingerprint density at radius 1 is 0.513 bits per heavy atom. The number of carbonyl (C=O) groups excluding carboxylic acids is 2. The van der Waals surface area contributed by atoms with Gasteiger partial charge in [0.05, 0.1) is 25.4 Å². The summed E-state index contributed by atoms with van der Waals surface area (Å²) in [6.45, 7) is 5.56. The van der Waals surface area contributed by atoms with E-state index in [2.05, 4.69) is 111 Å². The first-order valence-electron chi connectivity index (χ1n) is 31.5. The monoisotopic (exact) mass is 1090 g/mol. The maximum atomic E-state index is 13.4. The van der Waals surface area contributed by atoms with Crippen LogP contribution < -0.4 is 5.32 Å². The Balaban J connectivity index is 2.69. The molecule has 0 radical (unpaired) electrons. The summed E-state index contributed by atoms with van der Waals surface area (Å²) in [7, 11) is 0.